The fourth-order valence-corrected chi connectivity index (χ4v) is 0.722. The van der Waals surface area contributed by atoms with Gasteiger partial charge in [0.05, 0.1) is 0 Å². The van der Waals surface area contributed by atoms with E-state index in [2.05, 4.69) is 20.1 Å². The molecule has 0 aromatic carbocycles. The van der Waals surface area contributed by atoms with Gasteiger partial charge in [0.1, 0.15) is 0 Å². The zero-order valence-electron chi connectivity index (χ0n) is 4.98. The second-order valence-electron chi connectivity index (χ2n) is 1.88. The van der Waals surface area contributed by atoms with Crippen molar-refractivity contribution < 1.29 is 4.63 Å². The Morgan fingerprint density at radius 2 is 2.50 bits per heavy atom. The van der Waals surface area contributed by atoms with Crippen LogP contribution in [0.3, 0.4) is 0 Å². The molecule has 1 aromatic heterocycles. The lowest BCUT2D eigenvalue weighted by molar-refractivity contribution is 0.0957. The summed E-state index contributed by atoms with van der Waals surface area (Å²) in [5.41, 5.74) is 10.7. The van der Waals surface area contributed by atoms with Gasteiger partial charge in [0.25, 0.3) is 5.95 Å². The van der Waals surface area contributed by atoms with E-state index in [1.807, 2.05) is 0 Å². The van der Waals surface area contributed by atoms with E-state index in [-0.39, 0.29) is 5.96 Å². The van der Waals surface area contributed by atoms with E-state index in [9.17, 15) is 0 Å². The summed E-state index contributed by atoms with van der Waals surface area (Å²) in [4.78, 5) is 3.75. The second kappa shape index (κ2) is 1.51. The van der Waals surface area contributed by atoms with Gasteiger partial charge in [-0.15, -0.1) is 4.74 Å². The Hall–Kier alpha value is -1.50. The highest BCUT2D eigenvalue weighted by Gasteiger charge is 2.21. The van der Waals surface area contributed by atoms with Gasteiger partial charge in [0.2, 0.25) is 6.29 Å². The monoisotopic (exact) mass is 142 g/mol. The molecule has 2 rings (SSSR count). The molecule has 7 nitrogen and oxygen atoms in total. The first kappa shape index (κ1) is 5.30. The van der Waals surface area contributed by atoms with Crippen molar-refractivity contribution in [2.75, 3.05) is 5.32 Å². The lowest BCUT2D eigenvalue weighted by Crippen LogP contribution is -2.37. The average Bonchev–Trinajstić information content (AvgIpc) is 1.77. The highest BCUT2D eigenvalue weighted by atomic mass is 16.6. The van der Waals surface area contributed by atoms with Gasteiger partial charge in [0.15, 0.2) is 5.96 Å². The molecule has 0 radical (unpaired) electrons. The maximum atomic E-state index is 5.42. The summed E-state index contributed by atoms with van der Waals surface area (Å²) in [6.45, 7) is 0. The summed E-state index contributed by atoms with van der Waals surface area (Å²) in [7, 11) is 0. The van der Waals surface area contributed by atoms with Gasteiger partial charge in [0, 0.05) is 0 Å². The van der Waals surface area contributed by atoms with E-state index in [1.165, 1.54) is 4.74 Å². The molecule has 54 valence electrons. The van der Waals surface area contributed by atoms with Crippen molar-refractivity contribution in [3.05, 3.63) is 0 Å². The molecule has 0 saturated heterocycles. The van der Waals surface area contributed by atoms with Crippen molar-refractivity contribution in [1.29, 1.82) is 0 Å². The minimum absolute atomic E-state index is 0.255. The van der Waals surface area contributed by atoms with Gasteiger partial charge in [-0.2, -0.15) is 0 Å². The average molecular weight is 142 g/mol. The fourth-order valence-electron chi connectivity index (χ4n) is 0.722. The van der Waals surface area contributed by atoms with E-state index < -0.39 is 6.29 Å². The topological polar surface area (TPSA) is 107 Å². The predicted octanol–water partition coefficient (Wildman–Crippen LogP) is -1.37. The second-order valence-corrected chi connectivity index (χ2v) is 1.88. The van der Waals surface area contributed by atoms with Gasteiger partial charge < -0.3 is 5.73 Å². The maximum Gasteiger partial charge on any atom is 0.284 e. The molecule has 1 aliphatic rings. The quantitative estimate of drug-likeness (QED) is 0.414. The molecular formula is C3H6N6O. The van der Waals surface area contributed by atoms with Crippen LogP contribution in [0.4, 0.5) is 5.95 Å². The Labute approximate surface area is 55.6 Å². The van der Waals surface area contributed by atoms with Crippen LogP contribution in [-0.4, -0.2) is 15.9 Å². The predicted molar refractivity (Wildman–Crippen MR) is 33.0 cm³/mol. The minimum Gasteiger partial charge on any atom is -0.370 e. The lowest BCUT2D eigenvalue weighted by atomic mass is 10.7. The number of nitrogens with two attached hydrogens (primary N) is 2. The molecular weight excluding hydrogens is 136 g/mol. The molecule has 7 heteroatoms. The smallest absolute Gasteiger partial charge is 0.284 e. The molecule has 1 aliphatic heterocycles. The van der Waals surface area contributed by atoms with Crippen LogP contribution in [0.2, 0.25) is 0 Å². The van der Waals surface area contributed by atoms with Crippen LogP contribution in [0.15, 0.2) is 9.62 Å². The summed E-state index contributed by atoms with van der Waals surface area (Å²) in [5, 5.41) is 6.13. The normalized spacial score (nSPS) is 23.3. The Balaban J connectivity index is 2.35. The Morgan fingerprint density at radius 3 is 3.00 bits per heavy atom. The fraction of sp³-hybridized carbons (Fsp3) is 0.333. The van der Waals surface area contributed by atoms with Crippen LogP contribution in [0.5, 0.6) is 0 Å². The molecule has 0 saturated carbocycles. The van der Waals surface area contributed by atoms with Crippen molar-refractivity contribution in [3.8, 4) is 0 Å². The molecule has 0 amide bonds. The molecule has 0 spiro atoms. The molecule has 1 aromatic rings. The van der Waals surface area contributed by atoms with Crippen LogP contribution in [-0.2, 0) is 0 Å². The molecule has 0 aliphatic carbocycles. The molecule has 1 atom stereocenters. The van der Waals surface area contributed by atoms with E-state index in [0.29, 0.717) is 5.95 Å². The van der Waals surface area contributed by atoms with Gasteiger partial charge in [-0.05, 0) is 5.16 Å². The van der Waals surface area contributed by atoms with E-state index >= 15 is 0 Å². The van der Waals surface area contributed by atoms with E-state index in [0.717, 1.165) is 0 Å². The van der Waals surface area contributed by atoms with Crippen molar-refractivity contribution in [3.63, 3.8) is 0 Å². The summed E-state index contributed by atoms with van der Waals surface area (Å²) in [6.07, 6.45) is -0.575. The number of nitrogens with one attached hydrogen (secondary N) is 1. The minimum atomic E-state index is -0.575. The molecule has 2 heterocycles. The Morgan fingerprint density at radius 1 is 1.70 bits per heavy atom. The number of anilines is 1. The zero-order chi connectivity index (χ0) is 7.14. The van der Waals surface area contributed by atoms with Crippen LogP contribution >= 0.6 is 0 Å². The molecule has 0 fully saturated rings. The van der Waals surface area contributed by atoms with Gasteiger partial charge in [-0.3, -0.25) is 15.7 Å². The zero-order valence-corrected chi connectivity index (χ0v) is 4.98. The third kappa shape index (κ3) is 0.517. The third-order valence-corrected chi connectivity index (χ3v) is 1.18. The first-order valence-electron chi connectivity index (χ1n) is 2.67. The number of hydrogen-bond donors (Lipinski definition) is 3. The number of nitrogens with zero attached hydrogens (tertiary/aromatic N) is 3. The summed E-state index contributed by atoms with van der Waals surface area (Å²) < 4.78 is 5.88. The first-order chi connectivity index (χ1) is 4.77. The van der Waals surface area contributed by atoms with Crippen molar-refractivity contribution in [1.82, 2.24) is 9.90 Å². The number of aromatic nitrogens is 2. The highest BCUT2D eigenvalue weighted by Crippen LogP contribution is 2.15. The Kier molecular flexibility index (Phi) is 0.798. The van der Waals surface area contributed by atoms with Gasteiger partial charge in [-0.25, -0.2) is 4.99 Å². The molecule has 1 unspecified atom stereocenters. The van der Waals surface area contributed by atoms with Crippen molar-refractivity contribution in [2.24, 2.45) is 16.5 Å². The van der Waals surface area contributed by atoms with Crippen molar-refractivity contribution >= 4 is 11.9 Å². The van der Waals surface area contributed by atoms with Crippen molar-refractivity contribution in [2.45, 2.75) is 6.29 Å². The van der Waals surface area contributed by atoms with Crippen LogP contribution in [0.1, 0.15) is 6.29 Å². The summed E-state index contributed by atoms with van der Waals surface area (Å²) in [6, 6.07) is 0. The van der Waals surface area contributed by atoms with Crippen LogP contribution in [0, 0.1) is 0 Å². The van der Waals surface area contributed by atoms with Crippen LogP contribution < -0.4 is 16.8 Å². The number of aliphatic imine (C=N–C) groups is 1. The van der Waals surface area contributed by atoms with E-state index in [4.69, 9.17) is 11.5 Å². The largest absolute Gasteiger partial charge is 0.370 e. The first-order valence-corrected chi connectivity index (χ1v) is 2.67. The number of fused-ring (bicyclic) bond motifs is 1. The molecule has 5 N–H and O–H groups in total. The van der Waals surface area contributed by atoms with E-state index in [1.54, 1.807) is 0 Å². The third-order valence-electron chi connectivity index (χ3n) is 1.18. The molecule has 0 bridgehead atoms. The maximum absolute atomic E-state index is 5.42. The summed E-state index contributed by atoms with van der Waals surface area (Å²) in [5.74, 6) is 0.755. The van der Waals surface area contributed by atoms with Gasteiger partial charge in [-0.1, -0.05) is 0 Å². The van der Waals surface area contributed by atoms with Crippen LogP contribution in [0.25, 0.3) is 0 Å². The number of hydrogen-bond acceptors (Lipinski definition) is 6. The standard InChI is InChI=1S/C3H6N6O/c4-1-6-2(5)9-3(7-1)8-10-9/h2H,5H2,(H3,4,6,7,8). The lowest BCUT2D eigenvalue weighted by Gasteiger charge is -2.20. The number of guanidine groups is 1. The number of rotatable bonds is 0. The summed E-state index contributed by atoms with van der Waals surface area (Å²) >= 11 is 0. The highest BCUT2D eigenvalue weighted by molar-refractivity contribution is 5.91. The SMILES string of the molecule is NC1=NC(N)n2onc2N1. The Bertz CT molecular complexity index is 271. The molecule has 10 heavy (non-hydrogen) atoms. The van der Waals surface area contributed by atoms with Gasteiger partial charge >= 0.3 is 0 Å².